The molecule has 0 aliphatic heterocycles. The van der Waals surface area contributed by atoms with Gasteiger partial charge >= 0.3 is 0 Å². The van der Waals surface area contributed by atoms with E-state index in [0.29, 0.717) is 54.2 Å². The number of anilines is 2. The molecule has 0 aromatic heterocycles. The summed E-state index contributed by atoms with van der Waals surface area (Å²) in [6.45, 7) is 5.47. The maximum Gasteiger partial charge on any atom is 0.255 e. The summed E-state index contributed by atoms with van der Waals surface area (Å²) in [5.41, 5.74) is 3.04. The van der Waals surface area contributed by atoms with Crippen LogP contribution in [0.1, 0.15) is 50.0 Å². The molecule has 7 heteroatoms. The molecule has 0 aliphatic rings. The Morgan fingerprint density at radius 2 is 1.44 bits per heavy atom. The van der Waals surface area contributed by atoms with Gasteiger partial charge in [-0.1, -0.05) is 36.4 Å². The molecule has 0 unspecified atom stereocenters. The monoisotopic (exact) mass is 459 g/mol. The minimum absolute atomic E-state index is 0.257. The van der Waals surface area contributed by atoms with Crippen molar-refractivity contribution in [3.63, 3.8) is 0 Å². The summed E-state index contributed by atoms with van der Waals surface area (Å²) in [7, 11) is 0. The third-order valence-corrected chi connectivity index (χ3v) is 5.16. The summed E-state index contributed by atoms with van der Waals surface area (Å²) < 4.78 is 5.28. The van der Waals surface area contributed by atoms with Gasteiger partial charge in [0.2, 0.25) is 0 Å². The summed E-state index contributed by atoms with van der Waals surface area (Å²) >= 11 is 0. The first-order valence-corrected chi connectivity index (χ1v) is 11.2. The van der Waals surface area contributed by atoms with Gasteiger partial charge in [-0.3, -0.25) is 14.4 Å². The summed E-state index contributed by atoms with van der Waals surface area (Å²) in [6.07, 6.45) is 0.703. The maximum absolute atomic E-state index is 13.0. The highest BCUT2D eigenvalue weighted by atomic mass is 16.5. The molecule has 0 fully saturated rings. The zero-order chi connectivity index (χ0) is 24.3. The van der Waals surface area contributed by atoms with Crippen molar-refractivity contribution in [3.8, 4) is 0 Å². The van der Waals surface area contributed by atoms with E-state index in [0.717, 1.165) is 5.56 Å². The number of hydrogen-bond donors (Lipinski definition) is 3. The van der Waals surface area contributed by atoms with Crippen LogP contribution in [0.5, 0.6) is 0 Å². The predicted octanol–water partition coefficient (Wildman–Crippen LogP) is 4.66. The van der Waals surface area contributed by atoms with Crippen molar-refractivity contribution in [1.29, 1.82) is 0 Å². The van der Waals surface area contributed by atoms with Gasteiger partial charge in [-0.25, -0.2) is 0 Å². The van der Waals surface area contributed by atoms with Crippen LogP contribution in [0.4, 0.5) is 11.4 Å². The van der Waals surface area contributed by atoms with Crippen molar-refractivity contribution < 1.29 is 19.1 Å². The molecule has 0 bridgehead atoms. The van der Waals surface area contributed by atoms with E-state index in [4.69, 9.17) is 4.74 Å². The first kappa shape index (κ1) is 24.7. The molecular formula is C27H29N3O4. The lowest BCUT2D eigenvalue weighted by molar-refractivity contribution is 0.0944. The van der Waals surface area contributed by atoms with E-state index in [2.05, 4.69) is 16.0 Å². The van der Waals surface area contributed by atoms with E-state index in [1.165, 1.54) is 0 Å². The average molecular weight is 460 g/mol. The molecule has 7 nitrogen and oxygen atoms in total. The largest absolute Gasteiger partial charge is 0.382 e. The van der Waals surface area contributed by atoms with Crippen molar-refractivity contribution >= 4 is 29.1 Å². The van der Waals surface area contributed by atoms with Gasteiger partial charge in [0.15, 0.2) is 0 Å². The van der Waals surface area contributed by atoms with Crippen LogP contribution in [0, 0.1) is 6.92 Å². The van der Waals surface area contributed by atoms with Crippen LogP contribution in [-0.2, 0) is 4.74 Å². The van der Waals surface area contributed by atoms with Gasteiger partial charge in [0.25, 0.3) is 17.7 Å². The zero-order valence-electron chi connectivity index (χ0n) is 19.4. The Morgan fingerprint density at radius 3 is 2.21 bits per heavy atom. The summed E-state index contributed by atoms with van der Waals surface area (Å²) in [5.74, 6) is -0.911. The Bertz CT molecular complexity index is 1150. The van der Waals surface area contributed by atoms with Gasteiger partial charge in [0, 0.05) is 36.6 Å². The molecule has 0 spiro atoms. The number of aryl methyl sites for hydroxylation is 1. The molecular weight excluding hydrogens is 430 g/mol. The number of rotatable bonds is 10. The van der Waals surface area contributed by atoms with E-state index < -0.39 is 0 Å². The van der Waals surface area contributed by atoms with Gasteiger partial charge in [-0.15, -0.1) is 0 Å². The third-order valence-electron chi connectivity index (χ3n) is 5.16. The number of hydrogen-bond acceptors (Lipinski definition) is 4. The number of carbonyl (C=O) groups excluding carboxylic acids is 3. The van der Waals surface area contributed by atoms with Crippen molar-refractivity contribution in [2.75, 3.05) is 30.4 Å². The molecule has 0 saturated heterocycles. The molecule has 0 saturated carbocycles. The molecule has 34 heavy (non-hydrogen) atoms. The summed E-state index contributed by atoms with van der Waals surface area (Å²) in [4.78, 5) is 38.1. The van der Waals surface area contributed by atoms with Gasteiger partial charge < -0.3 is 20.7 Å². The van der Waals surface area contributed by atoms with Gasteiger partial charge in [0.05, 0.1) is 11.3 Å². The first-order valence-electron chi connectivity index (χ1n) is 11.2. The number of carbonyl (C=O) groups is 3. The van der Waals surface area contributed by atoms with Gasteiger partial charge in [-0.2, -0.15) is 0 Å². The van der Waals surface area contributed by atoms with Crippen molar-refractivity contribution in [1.82, 2.24) is 5.32 Å². The Labute approximate surface area is 199 Å². The highest BCUT2D eigenvalue weighted by molar-refractivity contribution is 6.10. The second-order valence-corrected chi connectivity index (χ2v) is 7.66. The molecule has 3 aromatic carbocycles. The smallest absolute Gasteiger partial charge is 0.255 e. The molecule has 0 heterocycles. The second kappa shape index (κ2) is 12.3. The van der Waals surface area contributed by atoms with Crippen LogP contribution in [0.15, 0.2) is 72.8 Å². The number of benzene rings is 3. The number of nitrogens with one attached hydrogen (secondary N) is 3. The van der Waals surface area contributed by atoms with Crippen molar-refractivity contribution in [2.45, 2.75) is 20.3 Å². The fourth-order valence-corrected chi connectivity index (χ4v) is 3.28. The van der Waals surface area contributed by atoms with E-state index >= 15 is 0 Å². The van der Waals surface area contributed by atoms with Crippen LogP contribution in [0.2, 0.25) is 0 Å². The van der Waals surface area contributed by atoms with E-state index in [1.54, 1.807) is 66.7 Å². The normalized spacial score (nSPS) is 10.4. The molecule has 3 amide bonds. The summed E-state index contributed by atoms with van der Waals surface area (Å²) in [6, 6.07) is 20.8. The molecule has 176 valence electrons. The van der Waals surface area contributed by atoms with Gasteiger partial charge in [0.1, 0.15) is 0 Å². The number of para-hydroxylation sites is 1. The fraction of sp³-hybridized carbons (Fsp3) is 0.222. The van der Waals surface area contributed by atoms with Crippen LogP contribution < -0.4 is 16.0 Å². The van der Waals surface area contributed by atoms with E-state index in [1.807, 2.05) is 19.9 Å². The quantitative estimate of drug-likeness (QED) is 0.384. The van der Waals surface area contributed by atoms with E-state index in [9.17, 15) is 14.4 Å². The lowest BCUT2D eigenvalue weighted by Gasteiger charge is -2.13. The Hall–Kier alpha value is -3.97. The minimum atomic E-state index is -0.383. The standard InChI is InChI=1S/C27H29N3O4/c1-3-34-17-9-16-28-27(33)22-12-7-8-13-23(22)29-26(32)21-15-14-19(2)24(18-21)30-25(31)20-10-5-4-6-11-20/h4-8,10-15,18H,3,9,16-17H2,1-2H3,(H,28,33)(H,29,32)(H,30,31). The number of ether oxygens (including phenoxy) is 1. The van der Waals surface area contributed by atoms with Crippen molar-refractivity contribution in [3.05, 3.63) is 95.1 Å². The molecule has 0 aliphatic carbocycles. The zero-order valence-corrected chi connectivity index (χ0v) is 19.4. The molecule has 0 atom stereocenters. The van der Waals surface area contributed by atoms with Crippen LogP contribution in [-0.4, -0.2) is 37.5 Å². The van der Waals surface area contributed by atoms with E-state index in [-0.39, 0.29) is 17.7 Å². The Balaban J connectivity index is 1.70. The SMILES string of the molecule is CCOCCCNC(=O)c1ccccc1NC(=O)c1ccc(C)c(NC(=O)c2ccccc2)c1. The second-order valence-electron chi connectivity index (χ2n) is 7.66. The minimum Gasteiger partial charge on any atom is -0.382 e. The lowest BCUT2D eigenvalue weighted by atomic mass is 10.1. The van der Waals surface area contributed by atoms with Crippen molar-refractivity contribution in [2.24, 2.45) is 0 Å². The van der Waals surface area contributed by atoms with Crippen LogP contribution >= 0.6 is 0 Å². The van der Waals surface area contributed by atoms with Gasteiger partial charge in [-0.05, 0) is 62.2 Å². The topological polar surface area (TPSA) is 96.5 Å². The molecule has 3 N–H and O–H groups in total. The predicted molar refractivity (Wildman–Crippen MR) is 133 cm³/mol. The fourth-order valence-electron chi connectivity index (χ4n) is 3.28. The first-order chi connectivity index (χ1) is 16.5. The lowest BCUT2D eigenvalue weighted by Crippen LogP contribution is -2.27. The number of amides is 3. The maximum atomic E-state index is 13.0. The molecule has 0 radical (unpaired) electrons. The van der Waals surface area contributed by atoms with Crippen LogP contribution in [0.3, 0.4) is 0 Å². The average Bonchev–Trinajstić information content (AvgIpc) is 2.86. The Kier molecular flexibility index (Phi) is 8.94. The third kappa shape index (κ3) is 6.76. The summed E-state index contributed by atoms with van der Waals surface area (Å²) in [5, 5.41) is 8.52. The Morgan fingerprint density at radius 1 is 0.765 bits per heavy atom. The highest BCUT2D eigenvalue weighted by Crippen LogP contribution is 2.21. The highest BCUT2D eigenvalue weighted by Gasteiger charge is 2.15. The molecule has 3 rings (SSSR count). The molecule has 3 aromatic rings. The van der Waals surface area contributed by atoms with Crippen LogP contribution in [0.25, 0.3) is 0 Å².